The molecule has 1 aromatic carbocycles. The lowest BCUT2D eigenvalue weighted by molar-refractivity contribution is -0.127. The van der Waals surface area contributed by atoms with Gasteiger partial charge in [-0.2, -0.15) is 0 Å². The van der Waals surface area contributed by atoms with Crippen LogP contribution in [0.25, 0.3) is 0 Å². The maximum absolute atomic E-state index is 5.96. The third-order valence-corrected chi connectivity index (χ3v) is 3.94. The fourth-order valence-corrected chi connectivity index (χ4v) is 2.91. The third kappa shape index (κ3) is 4.37. The number of nitrogens with zero attached hydrogens (tertiary/aromatic N) is 1. The molecule has 3 nitrogen and oxygen atoms in total. The number of morpholine rings is 1. The van der Waals surface area contributed by atoms with E-state index in [2.05, 4.69) is 30.9 Å². The molecule has 112 valence electrons. The van der Waals surface area contributed by atoms with Crippen molar-refractivity contribution in [3.63, 3.8) is 0 Å². The Hall–Kier alpha value is -0.770. The van der Waals surface area contributed by atoms with Crippen LogP contribution in [0.1, 0.15) is 19.4 Å². The van der Waals surface area contributed by atoms with Crippen LogP contribution in [0, 0.1) is 0 Å². The van der Waals surface area contributed by atoms with Crippen molar-refractivity contribution in [1.82, 2.24) is 4.90 Å². The van der Waals surface area contributed by atoms with Crippen molar-refractivity contribution in [2.24, 2.45) is 0 Å². The van der Waals surface area contributed by atoms with Gasteiger partial charge in [-0.15, -0.1) is 11.6 Å². The first kappa shape index (κ1) is 15.6. The average Bonchev–Trinajstić information content (AvgIpc) is 2.44. The lowest BCUT2D eigenvalue weighted by atomic mass is 10.0. The molecule has 1 saturated heterocycles. The van der Waals surface area contributed by atoms with E-state index in [1.165, 1.54) is 5.56 Å². The predicted molar refractivity (Wildman–Crippen MR) is 82.8 cm³/mol. The molecule has 0 amide bonds. The molecule has 0 aromatic heterocycles. The number of benzene rings is 1. The van der Waals surface area contributed by atoms with Crippen LogP contribution in [0.15, 0.2) is 24.3 Å². The van der Waals surface area contributed by atoms with Crippen LogP contribution in [-0.2, 0) is 11.2 Å². The summed E-state index contributed by atoms with van der Waals surface area (Å²) in [6.45, 7) is 7.17. The molecule has 0 radical (unpaired) electrons. The number of halogens is 1. The van der Waals surface area contributed by atoms with Crippen LogP contribution >= 0.6 is 11.6 Å². The zero-order valence-electron chi connectivity index (χ0n) is 12.6. The van der Waals surface area contributed by atoms with E-state index in [0.717, 1.165) is 31.8 Å². The fourth-order valence-electron chi connectivity index (χ4n) is 2.75. The van der Waals surface area contributed by atoms with Gasteiger partial charge >= 0.3 is 0 Å². The minimum Gasteiger partial charge on any atom is -0.497 e. The summed E-state index contributed by atoms with van der Waals surface area (Å²) in [6.07, 6.45) is 1.17. The minimum absolute atomic E-state index is 0.113. The molecule has 1 aromatic rings. The molecule has 1 unspecified atom stereocenters. The highest BCUT2D eigenvalue weighted by Gasteiger charge is 2.32. The Bertz CT molecular complexity index is 419. The van der Waals surface area contributed by atoms with E-state index in [1.807, 2.05) is 12.1 Å². The van der Waals surface area contributed by atoms with Crippen molar-refractivity contribution in [3.05, 3.63) is 29.8 Å². The molecular formula is C16H24ClNO2. The van der Waals surface area contributed by atoms with E-state index in [1.54, 1.807) is 7.11 Å². The Labute approximate surface area is 126 Å². The Kier molecular flexibility index (Phi) is 5.30. The molecule has 0 aliphatic carbocycles. The number of ether oxygens (including phenoxy) is 2. The quantitative estimate of drug-likeness (QED) is 0.780. The Morgan fingerprint density at radius 3 is 2.65 bits per heavy atom. The first-order valence-corrected chi connectivity index (χ1v) is 7.65. The van der Waals surface area contributed by atoms with Crippen LogP contribution < -0.4 is 4.74 Å². The molecule has 1 atom stereocenters. The van der Waals surface area contributed by atoms with Crippen molar-refractivity contribution >= 4 is 11.6 Å². The van der Waals surface area contributed by atoms with E-state index in [9.17, 15) is 0 Å². The van der Waals surface area contributed by atoms with Gasteiger partial charge in [0.25, 0.3) is 0 Å². The molecular weight excluding hydrogens is 274 g/mol. The molecule has 1 heterocycles. The van der Waals surface area contributed by atoms with Gasteiger partial charge < -0.3 is 9.47 Å². The number of hydrogen-bond donors (Lipinski definition) is 0. The smallest absolute Gasteiger partial charge is 0.118 e. The molecule has 1 aliphatic heterocycles. The zero-order valence-corrected chi connectivity index (χ0v) is 13.3. The van der Waals surface area contributed by atoms with Crippen LogP contribution in [0.5, 0.6) is 5.75 Å². The summed E-state index contributed by atoms with van der Waals surface area (Å²) in [5.74, 6) is 1.46. The van der Waals surface area contributed by atoms with Crippen molar-refractivity contribution in [2.45, 2.75) is 32.0 Å². The molecule has 0 saturated carbocycles. The number of hydrogen-bond acceptors (Lipinski definition) is 3. The topological polar surface area (TPSA) is 21.7 Å². The molecule has 20 heavy (non-hydrogen) atoms. The van der Waals surface area contributed by atoms with Gasteiger partial charge in [0.05, 0.1) is 18.8 Å². The van der Waals surface area contributed by atoms with Crippen LogP contribution in [0.4, 0.5) is 0 Å². The first-order chi connectivity index (χ1) is 9.52. The number of methoxy groups -OCH3 is 1. The van der Waals surface area contributed by atoms with Crippen LogP contribution in [-0.4, -0.2) is 49.2 Å². The van der Waals surface area contributed by atoms with Gasteiger partial charge in [0.2, 0.25) is 0 Å². The van der Waals surface area contributed by atoms with E-state index in [4.69, 9.17) is 21.1 Å². The SMILES string of the molecule is COc1ccc(CCN2CC(CCl)OC(C)(C)C2)cc1. The molecule has 0 spiro atoms. The molecule has 1 fully saturated rings. The van der Waals surface area contributed by atoms with Gasteiger partial charge in [0.1, 0.15) is 5.75 Å². The zero-order chi connectivity index (χ0) is 14.6. The Morgan fingerprint density at radius 2 is 2.05 bits per heavy atom. The van der Waals surface area contributed by atoms with Gasteiger partial charge in [0.15, 0.2) is 0 Å². The lowest BCUT2D eigenvalue weighted by Crippen LogP contribution is -2.53. The maximum Gasteiger partial charge on any atom is 0.118 e. The highest BCUT2D eigenvalue weighted by atomic mass is 35.5. The lowest BCUT2D eigenvalue weighted by Gasteiger charge is -2.42. The van der Waals surface area contributed by atoms with Crippen molar-refractivity contribution in [2.75, 3.05) is 32.6 Å². The van der Waals surface area contributed by atoms with Gasteiger partial charge in [-0.3, -0.25) is 4.90 Å². The largest absolute Gasteiger partial charge is 0.497 e. The molecule has 2 rings (SSSR count). The van der Waals surface area contributed by atoms with Gasteiger partial charge in [-0.05, 0) is 38.0 Å². The fraction of sp³-hybridized carbons (Fsp3) is 0.625. The average molecular weight is 298 g/mol. The molecule has 0 bridgehead atoms. The van der Waals surface area contributed by atoms with Crippen LogP contribution in [0.2, 0.25) is 0 Å². The second-order valence-electron chi connectivity index (χ2n) is 5.99. The van der Waals surface area contributed by atoms with Crippen LogP contribution in [0.3, 0.4) is 0 Å². The van der Waals surface area contributed by atoms with Gasteiger partial charge in [-0.25, -0.2) is 0 Å². The maximum atomic E-state index is 5.96. The van der Waals surface area contributed by atoms with E-state index in [0.29, 0.717) is 5.88 Å². The molecule has 4 heteroatoms. The normalized spacial score (nSPS) is 22.7. The minimum atomic E-state index is -0.113. The van der Waals surface area contributed by atoms with E-state index >= 15 is 0 Å². The highest BCUT2D eigenvalue weighted by molar-refractivity contribution is 6.18. The summed E-state index contributed by atoms with van der Waals surface area (Å²) in [6, 6.07) is 8.28. The summed E-state index contributed by atoms with van der Waals surface area (Å²) in [7, 11) is 1.69. The summed E-state index contributed by atoms with van der Waals surface area (Å²) >= 11 is 5.96. The monoisotopic (exact) mass is 297 g/mol. The Balaban J connectivity index is 1.88. The molecule has 1 aliphatic rings. The van der Waals surface area contributed by atoms with Crippen molar-refractivity contribution in [3.8, 4) is 5.75 Å². The number of alkyl halides is 1. The second kappa shape index (κ2) is 6.79. The summed E-state index contributed by atoms with van der Waals surface area (Å²) in [4.78, 5) is 2.45. The highest BCUT2D eigenvalue weighted by Crippen LogP contribution is 2.22. The first-order valence-electron chi connectivity index (χ1n) is 7.11. The van der Waals surface area contributed by atoms with Crippen molar-refractivity contribution in [1.29, 1.82) is 0 Å². The van der Waals surface area contributed by atoms with E-state index in [-0.39, 0.29) is 11.7 Å². The molecule has 0 N–H and O–H groups in total. The van der Waals surface area contributed by atoms with Crippen molar-refractivity contribution < 1.29 is 9.47 Å². The standard InChI is InChI=1S/C16H24ClNO2/c1-16(2)12-18(11-15(10-17)20-16)9-8-13-4-6-14(19-3)7-5-13/h4-7,15H,8-12H2,1-3H3. The van der Waals surface area contributed by atoms with Gasteiger partial charge in [0, 0.05) is 25.5 Å². The Morgan fingerprint density at radius 1 is 1.35 bits per heavy atom. The van der Waals surface area contributed by atoms with Gasteiger partial charge in [-0.1, -0.05) is 12.1 Å². The van der Waals surface area contributed by atoms with E-state index < -0.39 is 0 Å². The second-order valence-corrected chi connectivity index (χ2v) is 6.30. The number of rotatable bonds is 5. The summed E-state index contributed by atoms with van der Waals surface area (Å²) in [5.41, 5.74) is 1.22. The third-order valence-electron chi connectivity index (χ3n) is 3.60. The predicted octanol–water partition coefficient (Wildman–Crippen LogP) is 2.96. The summed E-state index contributed by atoms with van der Waals surface area (Å²) < 4.78 is 11.1. The summed E-state index contributed by atoms with van der Waals surface area (Å²) in [5, 5.41) is 0.